The molecule has 0 saturated carbocycles. The van der Waals surface area contributed by atoms with Crippen LogP contribution in [-0.4, -0.2) is 23.1 Å². The van der Waals surface area contributed by atoms with Gasteiger partial charge >= 0.3 is 0 Å². The van der Waals surface area contributed by atoms with Crippen molar-refractivity contribution in [3.8, 4) is 0 Å². The Labute approximate surface area is 99.9 Å². The van der Waals surface area contributed by atoms with E-state index in [1.54, 1.807) is 0 Å². The molecule has 2 heterocycles. The van der Waals surface area contributed by atoms with E-state index < -0.39 is 5.79 Å². The average Bonchev–Trinajstić information content (AvgIpc) is 2.26. The average molecular weight is 232 g/mol. The fourth-order valence-corrected chi connectivity index (χ4v) is 1.65. The van der Waals surface area contributed by atoms with Crippen LogP contribution >= 0.6 is 0 Å². The van der Waals surface area contributed by atoms with Gasteiger partial charge in [0.2, 0.25) is 5.79 Å². The number of aromatic nitrogens is 1. The molecule has 17 heavy (non-hydrogen) atoms. The summed E-state index contributed by atoms with van der Waals surface area (Å²) in [4.78, 5) is 12.6. The maximum Gasteiger partial charge on any atom is 0.207 e. The van der Waals surface area contributed by atoms with Crippen molar-refractivity contribution >= 4 is 12.3 Å². The van der Waals surface area contributed by atoms with E-state index in [2.05, 4.69) is 20.3 Å². The standard InChI is InChI=1S/C11H16N6/c1-8-3-2-4-9(16-8)5-6-11(13)15-7-14-10(12)17-11/h2-4,7H,5-6,13H2,1H3,(H3,12,14,15,17). The Morgan fingerprint density at radius 2 is 2.24 bits per heavy atom. The number of nitrogens with two attached hydrogens (primary N) is 2. The first kappa shape index (κ1) is 11.5. The summed E-state index contributed by atoms with van der Waals surface area (Å²) in [6.07, 6.45) is 2.76. The molecule has 5 N–H and O–H groups in total. The summed E-state index contributed by atoms with van der Waals surface area (Å²) in [6, 6.07) is 5.90. The molecule has 0 bridgehead atoms. The SMILES string of the molecule is Cc1cccc(CCC2(N)N=CNC(N)=N2)n1. The van der Waals surface area contributed by atoms with Crippen molar-refractivity contribution in [2.24, 2.45) is 21.5 Å². The Kier molecular flexibility index (Phi) is 3.06. The molecule has 0 saturated heterocycles. The molecule has 2 rings (SSSR count). The van der Waals surface area contributed by atoms with Crippen LogP contribution in [0.4, 0.5) is 0 Å². The molecule has 1 aromatic heterocycles. The zero-order valence-electron chi connectivity index (χ0n) is 9.72. The fraction of sp³-hybridized carbons (Fsp3) is 0.364. The van der Waals surface area contributed by atoms with Crippen LogP contribution in [0.15, 0.2) is 28.2 Å². The third-order valence-corrected chi connectivity index (χ3v) is 2.51. The van der Waals surface area contributed by atoms with Crippen LogP contribution in [-0.2, 0) is 6.42 Å². The number of hydrogen-bond donors (Lipinski definition) is 3. The van der Waals surface area contributed by atoms with Crippen molar-refractivity contribution < 1.29 is 0 Å². The number of aryl methyl sites for hydroxylation is 2. The molecule has 0 amide bonds. The van der Waals surface area contributed by atoms with Gasteiger partial charge in [0.1, 0.15) is 0 Å². The number of pyridine rings is 1. The molecule has 1 unspecified atom stereocenters. The van der Waals surface area contributed by atoms with Crippen molar-refractivity contribution in [2.75, 3.05) is 0 Å². The van der Waals surface area contributed by atoms with Gasteiger partial charge in [-0.05, 0) is 25.5 Å². The highest BCUT2D eigenvalue weighted by Gasteiger charge is 2.24. The Balaban J connectivity index is 2.03. The van der Waals surface area contributed by atoms with Crippen LogP contribution in [0.3, 0.4) is 0 Å². The molecule has 6 nitrogen and oxygen atoms in total. The van der Waals surface area contributed by atoms with Gasteiger partial charge in [0.05, 0.1) is 6.34 Å². The van der Waals surface area contributed by atoms with Crippen LogP contribution in [0.5, 0.6) is 0 Å². The van der Waals surface area contributed by atoms with E-state index in [9.17, 15) is 0 Å². The number of rotatable bonds is 3. The maximum atomic E-state index is 6.00. The van der Waals surface area contributed by atoms with Crippen molar-refractivity contribution in [1.29, 1.82) is 0 Å². The second kappa shape index (κ2) is 4.50. The van der Waals surface area contributed by atoms with Crippen LogP contribution in [0.1, 0.15) is 17.8 Å². The zero-order chi connectivity index (χ0) is 12.3. The lowest BCUT2D eigenvalue weighted by molar-refractivity contribution is 0.425. The van der Waals surface area contributed by atoms with E-state index in [1.165, 1.54) is 6.34 Å². The van der Waals surface area contributed by atoms with Gasteiger partial charge in [-0.2, -0.15) is 0 Å². The van der Waals surface area contributed by atoms with Gasteiger partial charge in [0, 0.05) is 17.8 Å². The summed E-state index contributed by atoms with van der Waals surface area (Å²) in [6.45, 7) is 1.96. The van der Waals surface area contributed by atoms with Gasteiger partial charge < -0.3 is 11.1 Å². The molecule has 6 heteroatoms. The first-order valence-electron chi connectivity index (χ1n) is 5.44. The van der Waals surface area contributed by atoms with E-state index in [0.29, 0.717) is 18.8 Å². The molecule has 1 atom stereocenters. The highest BCUT2D eigenvalue weighted by Crippen LogP contribution is 2.15. The van der Waals surface area contributed by atoms with Crippen LogP contribution in [0.25, 0.3) is 0 Å². The van der Waals surface area contributed by atoms with E-state index in [4.69, 9.17) is 11.5 Å². The third kappa shape index (κ3) is 3.01. The van der Waals surface area contributed by atoms with Crippen molar-refractivity contribution in [1.82, 2.24) is 10.3 Å². The van der Waals surface area contributed by atoms with Gasteiger partial charge in [-0.25, -0.2) is 9.98 Å². The predicted octanol–water partition coefficient (Wildman–Crippen LogP) is -0.119. The fourth-order valence-electron chi connectivity index (χ4n) is 1.65. The normalized spacial score (nSPS) is 23.1. The first-order chi connectivity index (χ1) is 8.07. The molecule has 0 aliphatic carbocycles. The molecule has 0 fully saturated rings. The number of aliphatic imine (C=N–C) groups is 2. The molecule has 1 aliphatic heterocycles. The lowest BCUT2D eigenvalue weighted by Gasteiger charge is -2.23. The second-order valence-corrected chi connectivity index (χ2v) is 4.05. The Bertz CT molecular complexity index is 467. The predicted molar refractivity (Wildman–Crippen MR) is 67.5 cm³/mol. The summed E-state index contributed by atoms with van der Waals surface area (Å²) in [5.74, 6) is -0.680. The summed E-state index contributed by atoms with van der Waals surface area (Å²) >= 11 is 0. The zero-order valence-corrected chi connectivity index (χ0v) is 9.72. The molecule has 0 aromatic carbocycles. The maximum absolute atomic E-state index is 6.00. The largest absolute Gasteiger partial charge is 0.370 e. The summed E-state index contributed by atoms with van der Waals surface area (Å²) in [5.41, 5.74) is 13.5. The molecule has 1 aliphatic rings. The minimum atomic E-state index is -0.971. The molecular weight excluding hydrogens is 216 g/mol. The van der Waals surface area contributed by atoms with Crippen LogP contribution in [0, 0.1) is 6.92 Å². The Morgan fingerprint density at radius 1 is 1.41 bits per heavy atom. The van der Waals surface area contributed by atoms with Gasteiger partial charge in [-0.15, -0.1) is 0 Å². The third-order valence-electron chi connectivity index (χ3n) is 2.51. The first-order valence-corrected chi connectivity index (χ1v) is 5.44. The highest BCUT2D eigenvalue weighted by molar-refractivity contribution is 5.90. The minimum absolute atomic E-state index is 0.291. The van der Waals surface area contributed by atoms with Gasteiger partial charge in [-0.3, -0.25) is 10.7 Å². The van der Waals surface area contributed by atoms with Gasteiger partial charge in [-0.1, -0.05) is 6.07 Å². The lowest BCUT2D eigenvalue weighted by atomic mass is 10.1. The molecular formula is C11H16N6. The Morgan fingerprint density at radius 3 is 2.94 bits per heavy atom. The summed E-state index contributed by atoms with van der Waals surface area (Å²) in [5, 5.41) is 2.68. The lowest BCUT2D eigenvalue weighted by Crippen LogP contribution is -2.46. The van der Waals surface area contributed by atoms with Gasteiger partial charge in [0.15, 0.2) is 5.96 Å². The van der Waals surface area contributed by atoms with Crippen molar-refractivity contribution in [3.05, 3.63) is 29.6 Å². The summed E-state index contributed by atoms with van der Waals surface area (Å²) in [7, 11) is 0. The van der Waals surface area contributed by atoms with E-state index >= 15 is 0 Å². The quantitative estimate of drug-likeness (QED) is 0.676. The van der Waals surface area contributed by atoms with E-state index in [0.717, 1.165) is 11.4 Å². The number of hydrogen-bond acceptors (Lipinski definition) is 6. The molecule has 0 radical (unpaired) electrons. The van der Waals surface area contributed by atoms with E-state index in [-0.39, 0.29) is 0 Å². The molecule has 90 valence electrons. The molecule has 0 spiro atoms. The van der Waals surface area contributed by atoms with Crippen LogP contribution in [0.2, 0.25) is 0 Å². The smallest absolute Gasteiger partial charge is 0.207 e. The Hall–Kier alpha value is -1.95. The van der Waals surface area contributed by atoms with Gasteiger partial charge in [0.25, 0.3) is 0 Å². The highest BCUT2D eigenvalue weighted by atomic mass is 15.3. The van der Waals surface area contributed by atoms with Crippen molar-refractivity contribution in [3.63, 3.8) is 0 Å². The number of nitrogens with one attached hydrogen (secondary N) is 1. The van der Waals surface area contributed by atoms with Crippen LogP contribution < -0.4 is 16.8 Å². The van der Waals surface area contributed by atoms with E-state index in [1.807, 2.05) is 25.1 Å². The number of nitrogens with zero attached hydrogens (tertiary/aromatic N) is 3. The minimum Gasteiger partial charge on any atom is -0.370 e. The number of guanidine groups is 1. The molecule has 1 aromatic rings. The second-order valence-electron chi connectivity index (χ2n) is 4.05. The monoisotopic (exact) mass is 232 g/mol. The van der Waals surface area contributed by atoms with Crippen molar-refractivity contribution in [2.45, 2.75) is 25.6 Å². The summed E-state index contributed by atoms with van der Waals surface area (Å²) < 4.78 is 0. The topological polar surface area (TPSA) is 102 Å².